The fourth-order valence-electron chi connectivity index (χ4n) is 4.86. The summed E-state index contributed by atoms with van der Waals surface area (Å²) in [5, 5.41) is 8.07. The molecule has 140 valence electrons. The van der Waals surface area contributed by atoms with Gasteiger partial charge in [0.15, 0.2) is 0 Å². The maximum absolute atomic E-state index is 12.8. The zero-order valence-electron chi connectivity index (χ0n) is 16.0. The van der Waals surface area contributed by atoms with Gasteiger partial charge in [-0.05, 0) is 50.5 Å². The molecule has 0 saturated carbocycles. The van der Waals surface area contributed by atoms with Crippen LogP contribution in [0.2, 0.25) is 0 Å². The maximum atomic E-state index is 12.8. The number of furan rings is 1. The highest BCUT2D eigenvalue weighted by molar-refractivity contribution is 5.82. The summed E-state index contributed by atoms with van der Waals surface area (Å²) in [6.45, 7) is 6.37. The number of nitrogens with one attached hydrogen (secondary N) is 2. The second-order valence-electron chi connectivity index (χ2n) is 8.56. The van der Waals surface area contributed by atoms with Gasteiger partial charge in [-0.2, -0.15) is 0 Å². The monoisotopic (exact) mass is 354 g/mol. The minimum absolute atomic E-state index is 0.0756. The average molecular weight is 354 g/mol. The van der Waals surface area contributed by atoms with E-state index in [1.807, 2.05) is 18.2 Å². The standard InChI is InChI=1S/C22H30N2O2/c1-13(2)21(22-14(3)18-6-4-5-7-19(18)26-22)24-20(25)12-15-10-16-8-9-17(11-15)23-16/h4-7,13,15-17,21,23H,8-12H2,1-3H3,(H,24,25). The van der Waals surface area contributed by atoms with Gasteiger partial charge in [0.2, 0.25) is 5.91 Å². The zero-order valence-corrected chi connectivity index (χ0v) is 16.0. The van der Waals surface area contributed by atoms with Crippen molar-refractivity contribution in [2.75, 3.05) is 0 Å². The van der Waals surface area contributed by atoms with Crippen LogP contribution < -0.4 is 10.6 Å². The van der Waals surface area contributed by atoms with Gasteiger partial charge in [-0.1, -0.05) is 32.0 Å². The van der Waals surface area contributed by atoms with E-state index < -0.39 is 0 Å². The van der Waals surface area contributed by atoms with Crippen LogP contribution in [0.4, 0.5) is 0 Å². The van der Waals surface area contributed by atoms with Crippen molar-refractivity contribution >= 4 is 16.9 Å². The van der Waals surface area contributed by atoms with Gasteiger partial charge in [0.25, 0.3) is 0 Å². The van der Waals surface area contributed by atoms with Crippen molar-refractivity contribution in [3.8, 4) is 0 Å². The van der Waals surface area contributed by atoms with Crippen molar-refractivity contribution < 1.29 is 9.21 Å². The van der Waals surface area contributed by atoms with Gasteiger partial charge in [0.05, 0.1) is 6.04 Å². The van der Waals surface area contributed by atoms with E-state index in [-0.39, 0.29) is 17.9 Å². The summed E-state index contributed by atoms with van der Waals surface area (Å²) in [6, 6.07) is 9.28. The smallest absolute Gasteiger partial charge is 0.220 e. The second kappa shape index (κ2) is 7.07. The molecule has 2 aliphatic rings. The Morgan fingerprint density at radius 1 is 1.23 bits per heavy atom. The lowest BCUT2D eigenvalue weighted by molar-refractivity contribution is -0.123. The van der Waals surface area contributed by atoms with Crippen molar-refractivity contribution in [2.24, 2.45) is 11.8 Å². The molecule has 0 aliphatic carbocycles. The van der Waals surface area contributed by atoms with Crippen molar-refractivity contribution in [2.45, 2.75) is 71.0 Å². The molecule has 1 amide bonds. The number of hydrogen-bond acceptors (Lipinski definition) is 3. The molecule has 2 aromatic rings. The third-order valence-corrected chi connectivity index (χ3v) is 6.19. The topological polar surface area (TPSA) is 54.3 Å². The Labute approximate surface area is 155 Å². The Balaban J connectivity index is 1.48. The highest BCUT2D eigenvalue weighted by Gasteiger charge is 2.35. The van der Waals surface area contributed by atoms with Crippen molar-refractivity contribution in [3.05, 3.63) is 35.6 Å². The van der Waals surface area contributed by atoms with Gasteiger partial charge in [-0.15, -0.1) is 0 Å². The van der Waals surface area contributed by atoms with E-state index in [2.05, 4.69) is 37.5 Å². The van der Waals surface area contributed by atoms with Crippen LogP contribution >= 0.6 is 0 Å². The Kier molecular flexibility index (Phi) is 4.78. The normalized spacial score (nSPS) is 26.4. The van der Waals surface area contributed by atoms with E-state index in [4.69, 9.17) is 4.42 Å². The van der Waals surface area contributed by atoms with Crippen molar-refractivity contribution in [1.29, 1.82) is 0 Å². The SMILES string of the molecule is Cc1c(C(NC(=O)CC2CC3CCC(C2)N3)C(C)C)oc2ccccc12. The minimum atomic E-state index is -0.0756. The molecule has 4 rings (SSSR count). The lowest BCUT2D eigenvalue weighted by Crippen LogP contribution is -2.40. The molecule has 0 radical (unpaired) electrons. The minimum Gasteiger partial charge on any atom is -0.459 e. The summed E-state index contributed by atoms with van der Waals surface area (Å²) < 4.78 is 6.13. The quantitative estimate of drug-likeness (QED) is 0.833. The molecular formula is C22H30N2O2. The summed E-state index contributed by atoms with van der Waals surface area (Å²) in [5.74, 6) is 1.86. The number of carbonyl (C=O) groups excluding carboxylic acids is 1. The number of piperidine rings is 1. The molecule has 2 aliphatic heterocycles. The fourth-order valence-corrected chi connectivity index (χ4v) is 4.86. The number of hydrogen-bond donors (Lipinski definition) is 2. The van der Waals surface area contributed by atoms with E-state index in [9.17, 15) is 4.79 Å². The van der Waals surface area contributed by atoms with Gasteiger partial charge in [-0.3, -0.25) is 4.79 Å². The summed E-state index contributed by atoms with van der Waals surface area (Å²) in [7, 11) is 0. The predicted molar refractivity (Wildman–Crippen MR) is 104 cm³/mol. The number of para-hydroxylation sites is 1. The Hall–Kier alpha value is -1.81. The number of benzene rings is 1. The number of carbonyl (C=O) groups is 1. The van der Waals surface area contributed by atoms with E-state index in [1.54, 1.807) is 0 Å². The zero-order chi connectivity index (χ0) is 18.3. The number of amides is 1. The van der Waals surface area contributed by atoms with Crippen molar-refractivity contribution in [1.82, 2.24) is 10.6 Å². The van der Waals surface area contributed by atoms with Crippen LogP contribution in [0, 0.1) is 18.8 Å². The highest BCUT2D eigenvalue weighted by atomic mass is 16.3. The lowest BCUT2D eigenvalue weighted by Gasteiger charge is -2.29. The average Bonchev–Trinajstić information content (AvgIpc) is 3.12. The molecular weight excluding hydrogens is 324 g/mol. The summed E-state index contributed by atoms with van der Waals surface area (Å²) in [6.07, 6.45) is 5.46. The first-order valence-corrected chi connectivity index (χ1v) is 10.0. The van der Waals surface area contributed by atoms with Gasteiger partial charge >= 0.3 is 0 Å². The first-order chi connectivity index (χ1) is 12.5. The highest BCUT2D eigenvalue weighted by Crippen LogP contribution is 2.35. The molecule has 2 saturated heterocycles. The van der Waals surface area contributed by atoms with Crippen LogP contribution in [0.3, 0.4) is 0 Å². The third-order valence-electron chi connectivity index (χ3n) is 6.19. The van der Waals surface area contributed by atoms with E-state index >= 15 is 0 Å². The Bertz CT molecular complexity index is 783. The molecule has 3 heterocycles. The van der Waals surface area contributed by atoms with Crippen LogP contribution in [0.25, 0.3) is 11.0 Å². The number of fused-ring (bicyclic) bond motifs is 3. The van der Waals surface area contributed by atoms with Crippen LogP contribution in [0.1, 0.15) is 63.3 Å². The molecule has 2 fully saturated rings. The van der Waals surface area contributed by atoms with Gasteiger partial charge < -0.3 is 15.1 Å². The first-order valence-electron chi connectivity index (χ1n) is 10.0. The molecule has 4 heteroatoms. The van der Waals surface area contributed by atoms with E-state index in [1.165, 1.54) is 12.8 Å². The van der Waals surface area contributed by atoms with Crippen molar-refractivity contribution in [3.63, 3.8) is 0 Å². The molecule has 4 nitrogen and oxygen atoms in total. The Morgan fingerprint density at radius 3 is 2.58 bits per heavy atom. The largest absolute Gasteiger partial charge is 0.459 e. The summed E-state index contributed by atoms with van der Waals surface area (Å²) in [5.41, 5.74) is 2.04. The van der Waals surface area contributed by atoms with Gasteiger partial charge in [0, 0.05) is 29.5 Å². The van der Waals surface area contributed by atoms with Crippen LogP contribution in [0.5, 0.6) is 0 Å². The maximum Gasteiger partial charge on any atom is 0.220 e. The molecule has 1 aromatic carbocycles. The lowest BCUT2D eigenvalue weighted by atomic mass is 9.89. The molecule has 0 spiro atoms. The fraction of sp³-hybridized carbons (Fsp3) is 0.591. The molecule has 1 aromatic heterocycles. The summed E-state index contributed by atoms with van der Waals surface area (Å²) >= 11 is 0. The summed E-state index contributed by atoms with van der Waals surface area (Å²) in [4.78, 5) is 12.8. The molecule has 2 bridgehead atoms. The molecule has 3 unspecified atom stereocenters. The third kappa shape index (κ3) is 3.39. The second-order valence-corrected chi connectivity index (χ2v) is 8.56. The predicted octanol–water partition coefficient (Wildman–Crippen LogP) is 4.48. The van der Waals surface area contributed by atoms with Gasteiger partial charge in [0.1, 0.15) is 11.3 Å². The van der Waals surface area contributed by atoms with E-state index in [0.717, 1.165) is 35.1 Å². The number of rotatable bonds is 5. The van der Waals surface area contributed by atoms with E-state index in [0.29, 0.717) is 24.4 Å². The van der Waals surface area contributed by atoms with Crippen LogP contribution in [0.15, 0.2) is 28.7 Å². The molecule has 3 atom stereocenters. The van der Waals surface area contributed by atoms with Gasteiger partial charge in [-0.25, -0.2) is 0 Å². The number of aryl methyl sites for hydroxylation is 1. The Morgan fingerprint density at radius 2 is 1.92 bits per heavy atom. The van der Waals surface area contributed by atoms with Crippen LogP contribution in [-0.4, -0.2) is 18.0 Å². The first kappa shape index (κ1) is 17.6. The molecule has 2 N–H and O–H groups in total. The molecule has 26 heavy (non-hydrogen) atoms. The van der Waals surface area contributed by atoms with Crippen LogP contribution in [-0.2, 0) is 4.79 Å².